The van der Waals surface area contributed by atoms with Crippen LogP contribution in [0.25, 0.3) is 16.9 Å². The van der Waals surface area contributed by atoms with Crippen LogP contribution in [0.3, 0.4) is 0 Å². The lowest BCUT2D eigenvalue weighted by Crippen LogP contribution is -2.26. The van der Waals surface area contributed by atoms with Gasteiger partial charge in [-0.3, -0.25) is 0 Å². The summed E-state index contributed by atoms with van der Waals surface area (Å²) in [6, 6.07) is 8.22. The summed E-state index contributed by atoms with van der Waals surface area (Å²) >= 11 is 0. The molecule has 0 amide bonds. The average Bonchev–Trinajstić information content (AvgIpc) is 3.13. The highest BCUT2D eigenvalue weighted by molar-refractivity contribution is 5.67. The quantitative estimate of drug-likeness (QED) is 0.777. The molecule has 3 heterocycles. The molecule has 0 bridgehead atoms. The topological polar surface area (TPSA) is 47.8 Å². The van der Waals surface area contributed by atoms with Crippen LogP contribution in [0.5, 0.6) is 11.5 Å². The molecule has 3 aromatic rings. The third kappa shape index (κ3) is 3.03. The summed E-state index contributed by atoms with van der Waals surface area (Å²) in [7, 11) is 3.30. The molecule has 26 heavy (non-hydrogen) atoms. The maximum atomic E-state index is 5.43. The number of ether oxygens (including phenoxy) is 2. The van der Waals surface area contributed by atoms with Crippen molar-refractivity contribution in [1.82, 2.24) is 14.7 Å². The Hall–Kier alpha value is -2.53. The minimum atomic E-state index is 0.631. The Balaban J connectivity index is 1.74. The summed E-state index contributed by atoms with van der Waals surface area (Å²) < 4.78 is 12.9. The van der Waals surface area contributed by atoms with E-state index < -0.39 is 0 Å². The zero-order valence-corrected chi connectivity index (χ0v) is 15.6. The monoisotopic (exact) mass is 351 g/mol. The van der Waals surface area contributed by atoms with Crippen LogP contribution >= 0.6 is 0 Å². The SMILES string of the molecule is COc1ccc(-c2cn3cc(C4CCNCC4)cc(C)c3n2)cc1OC. The van der Waals surface area contributed by atoms with Crippen molar-refractivity contribution in [3.05, 3.63) is 47.8 Å². The second-order valence-corrected chi connectivity index (χ2v) is 6.91. The lowest BCUT2D eigenvalue weighted by molar-refractivity contribution is 0.355. The average molecular weight is 351 g/mol. The van der Waals surface area contributed by atoms with Crippen molar-refractivity contribution < 1.29 is 9.47 Å². The molecule has 1 aliphatic rings. The Kier molecular flexibility index (Phi) is 4.55. The van der Waals surface area contributed by atoms with E-state index in [-0.39, 0.29) is 0 Å². The first kappa shape index (κ1) is 16.9. The number of hydrogen-bond donors (Lipinski definition) is 1. The number of piperidine rings is 1. The van der Waals surface area contributed by atoms with Gasteiger partial charge in [0.25, 0.3) is 0 Å². The second kappa shape index (κ2) is 7.00. The Bertz CT molecular complexity index is 926. The minimum absolute atomic E-state index is 0.631. The van der Waals surface area contributed by atoms with E-state index >= 15 is 0 Å². The molecule has 136 valence electrons. The number of methoxy groups -OCH3 is 2. The number of nitrogens with one attached hydrogen (secondary N) is 1. The van der Waals surface area contributed by atoms with E-state index in [0.717, 1.165) is 35.7 Å². The zero-order chi connectivity index (χ0) is 18.1. The van der Waals surface area contributed by atoms with E-state index in [4.69, 9.17) is 14.5 Å². The van der Waals surface area contributed by atoms with Crippen LogP contribution in [0, 0.1) is 6.92 Å². The van der Waals surface area contributed by atoms with Gasteiger partial charge in [-0.15, -0.1) is 0 Å². The Morgan fingerprint density at radius 3 is 2.54 bits per heavy atom. The number of hydrogen-bond acceptors (Lipinski definition) is 4. The fourth-order valence-electron chi connectivity index (χ4n) is 3.81. The molecule has 0 atom stereocenters. The number of rotatable bonds is 4. The van der Waals surface area contributed by atoms with Crippen LogP contribution < -0.4 is 14.8 Å². The number of pyridine rings is 1. The van der Waals surface area contributed by atoms with Gasteiger partial charge in [-0.1, -0.05) is 6.07 Å². The Morgan fingerprint density at radius 1 is 1.04 bits per heavy atom. The first-order valence-electron chi connectivity index (χ1n) is 9.12. The maximum absolute atomic E-state index is 5.43. The van der Waals surface area contributed by atoms with E-state index in [2.05, 4.69) is 35.1 Å². The lowest BCUT2D eigenvalue weighted by atomic mass is 9.91. The molecule has 0 spiro atoms. The summed E-state index contributed by atoms with van der Waals surface area (Å²) in [6.07, 6.45) is 6.74. The van der Waals surface area contributed by atoms with Crippen molar-refractivity contribution in [2.24, 2.45) is 0 Å². The lowest BCUT2D eigenvalue weighted by Gasteiger charge is -2.23. The van der Waals surface area contributed by atoms with Crippen molar-refractivity contribution in [3.63, 3.8) is 0 Å². The normalized spacial score (nSPS) is 15.3. The van der Waals surface area contributed by atoms with Crippen molar-refractivity contribution in [2.75, 3.05) is 27.3 Å². The van der Waals surface area contributed by atoms with Gasteiger partial charge < -0.3 is 19.2 Å². The fourth-order valence-corrected chi connectivity index (χ4v) is 3.81. The van der Waals surface area contributed by atoms with Gasteiger partial charge >= 0.3 is 0 Å². The third-order valence-electron chi connectivity index (χ3n) is 5.25. The van der Waals surface area contributed by atoms with Crippen LogP contribution in [-0.2, 0) is 0 Å². The van der Waals surface area contributed by atoms with Gasteiger partial charge in [-0.05, 0) is 68.1 Å². The molecule has 1 aromatic carbocycles. The summed E-state index contributed by atoms with van der Waals surface area (Å²) in [4.78, 5) is 4.85. The van der Waals surface area contributed by atoms with Crippen LogP contribution in [0.1, 0.15) is 29.9 Å². The molecule has 4 rings (SSSR count). The van der Waals surface area contributed by atoms with E-state index in [0.29, 0.717) is 11.7 Å². The van der Waals surface area contributed by atoms with Crippen LogP contribution in [-0.4, -0.2) is 36.7 Å². The van der Waals surface area contributed by atoms with Gasteiger partial charge in [0.15, 0.2) is 11.5 Å². The van der Waals surface area contributed by atoms with Crippen molar-refractivity contribution in [2.45, 2.75) is 25.7 Å². The molecular weight excluding hydrogens is 326 g/mol. The standard InChI is InChI=1S/C21H25N3O2/c1-14-10-17(15-6-8-22-9-7-15)12-24-13-18(23-21(14)24)16-4-5-19(25-2)20(11-16)26-3/h4-5,10-13,15,22H,6-9H2,1-3H3. The van der Waals surface area contributed by atoms with Gasteiger partial charge in [0.05, 0.1) is 19.9 Å². The van der Waals surface area contributed by atoms with Crippen molar-refractivity contribution >= 4 is 5.65 Å². The van der Waals surface area contributed by atoms with E-state index in [9.17, 15) is 0 Å². The van der Waals surface area contributed by atoms with Crippen LogP contribution in [0.2, 0.25) is 0 Å². The summed E-state index contributed by atoms with van der Waals surface area (Å²) in [5, 5.41) is 3.44. The molecule has 0 radical (unpaired) electrons. The van der Waals surface area contributed by atoms with Gasteiger partial charge in [0, 0.05) is 18.0 Å². The Labute approximate surface area is 154 Å². The Morgan fingerprint density at radius 2 is 1.81 bits per heavy atom. The second-order valence-electron chi connectivity index (χ2n) is 6.91. The molecule has 1 N–H and O–H groups in total. The molecule has 1 saturated heterocycles. The van der Waals surface area contributed by atoms with Gasteiger partial charge in [-0.25, -0.2) is 4.98 Å². The first-order valence-corrected chi connectivity index (χ1v) is 9.12. The highest BCUT2D eigenvalue weighted by atomic mass is 16.5. The third-order valence-corrected chi connectivity index (χ3v) is 5.25. The van der Waals surface area contributed by atoms with Crippen molar-refractivity contribution in [3.8, 4) is 22.8 Å². The number of fused-ring (bicyclic) bond motifs is 1. The summed E-state index contributed by atoms with van der Waals surface area (Å²) in [5.41, 5.74) is 5.60. The maximum Gasteiger partial charge on any atom is 0.161 e. The predicted octanol–water partition coefficient (Wildman–Crippen LogP) is 3.79. The molecule has 1 aliphatic heterocycles. The number of aromatic nitrogens is 2. The number of imidazole rings is 1. The minimum Gasteiger partial charge on any atom is -0.493 e. The summed E-state index contributed by atoms with van der Waals surface area (Å²) in [5.74, 6) is 2.07. The van der Waals surface area contributed by atoms with Crippen LogP contribution in [0.15, 0.2) is 36.7 Å². The van der Waals surface area contributed by atoms with Crippen LogP contribution in [0.4, 0.5) is 0 Å². The number of aryl methyl sites for hydroxylation is 1. The first-order chi connectivity index (χ1) is 12.7. The molecule has 5 heteroatoms. The summed E-state index contributed by atoms with van der Waals surface area (Å²) in [6.45, 7) is 4.34. The molecule has 5 nitrogen and oxygen atoms in total. The van der Waals surface area contributed by atoms with E-state index in [1.807, 2.05) is 18.2 Å². The van der Waals surface area contributed by atoms with Gasteiger partial charge in [0.1, 0.15) is 5.65 Å². The highest BCUT2D eigenvalue weighted by Gasteiger charge is 2.17. The smallest absolute Gasteiger partial charge is 0.161 e. The fraction of sp³-hybridized carbons (Fsp3) is 0.381. The molecule has 0 unspecified atom stereocenters. The van der Waals surface area contributed by atoms with E-state index in [1.165, 1.54) is 24.0 Å². The van der Waals surface area contributed by atoms with Gasteiger partial charge in [0.2, 0.25) is 0 Å². The van der Waals surface area contributed by atoms with E-state index in [1.54, 1.807) is 14.2 Å². The number of nitrogens with zero attached hydrogens (tertiary/aromatic N) is 2. The van der Waals surface area contributed by atoms with Crippen molar-refractivity contribution in [1.29, 1.82) is 0 Å². The predicted molar refractivity (Wildman–Crippen MR) is 103 cm³/mol. The molecule has 1 fully saturated rings. The largest absolute Gasteiger partial charge is 0.493 e. The molecular formula is C21H25N3O2. The van der Waals surface area contributed by atoms with Gasteiger partial charge in [-0.2, -0.15) is 0 Å². The molecule has 0 saturated carbocycles. The molecule has 2 aromatic heterocycles. The molecule has 0 aliphatic carbocycles. The zero-order valence-electron chi connectivity index (χ0n) is 15.6. The number of benzene rings is 1. The highest BCUT2D eigenvalue weighted by Crippen LogP contribution is 2.33.